The van der Waals surface area contributed by atoms with Crippen LogP contribution < -0.4 is 10.6 Å². The largest absolute Gasteiger partial charge is 0.454 e. The van der Waals surface area contributed by atoms with Crippen molar-refractivity contribution in [2.45, 2.75) is 59.0 Å². The number of hydrogen-bond donors (Lipinski definition) is 2. The summed E-state index contributed by atoms with van der Waals surface area (Å²) in [5.41, 5.74) is 0.239. The third-order valence-corrected chi connectivity index (χ3v) is 5.71. The van der Waals surface area contributed by atoms with Crippen LogP contribution in [-0.2, 0) is 14.3 Å². The molecule has 2 amide bonds. The highest BCUT2D eigenvalue weighted by atomic mass is 19.1. The lowest BCUT2D eigenvalue weighted by molar-refractivity contribution is -0.151. The minimum atomic E-state index is -0.908. The number of carbonyl (C=O) groups excluding carboxylic acids is 3. The molecule has 1 saturated carbocycles. The summed E-state index contributed by atoms with van der Waals surface area (Å²) in [6.45, 7) is 7.46. The zero-order valence-electron chi connectivity index (χ0n) is 17.5. The van der Waals surface area contributed by atoms with Crippen LogP contribution in [0.3, 0.4) is 0 Å². The van der Waals surface area contributed by atoms with Crippen LogP contribution in [0.1, 0.15) is 57.3 Å². The van der Waals surface area contributed by atoms with Crippen molar-refractivity contribution in [2.75, 3.05) is 6.61 Å². The van der Waals surface area contributed by atoms with Gasteiger partial charge in [0.2, 0.25) is 0 Å². The molecular weight excluding hydrogens is 375 g/mol. The number of carbonyl (C=O) groups is 3. The molecule has 0 aromatic heterocycles. The first-order valence-corrected chi connectivity index (χ1v) is 10.2. The van der Waals surface area contributed by atoms with E-state index in [9.17, 15) is 18.8 Å². The fraction of sp³-hybridized carbons (Fsp3) is 0.591. The quantitative estimate of drug-likeness (QED) is 0.682. The highest BCUT2D eigenvalue weighted by Crippen LogP contribution is 2.29. The van der Waals surface area contributed by atoms with Gasteiger partial charge in [-0.25, -0.2) is 9.18 Å². The van der Waals surface area contributed by atoms with Gasteiger partial charge in [-0.1, -0.05) is 40.5 Å². The van der Waals surface area contributed by atoms with Crippen LogP contribution in [0.25, 0.3) is 0 Å². The first-order valence-electron chi connectivity index (χ1n) is 10.2. The van der Waals surface area contributed by atoms with Gasteiger partial charge in [-0.3, -0.25) is 9.59 Å². The van der Waals surface area contributed by atoms with Crippen molar-refractivity contribution < 1.29 is 23.5 Å². The number of amides is 2. The van der Waals surface area contributed by atoms with Gasteiger partial charge in [0, 0.05) is 11.6 Å². The topological polar surface area (TPSA) is 84.5 Å². The van der Waals surface area contributed by atoms with Crippen molar-refractivity contribution in [3.63, 3.8) is 0 Å². The Labute approximate surface area is 171 Å². The molecule has 0 radical (unpaired) electrons. The van der Waals surface area contributed by atoms with E-state index in [4.69, 9.17) is 4.74 Å². The van der Waals surface area contributed by atoms with Gasteiger partial charge < -0.3 is 15.4 Å². The van der Waals surface area contributed by atoms with E-state index in [-0.39, 0.29) is 30.0 Å². The molecule has 29 heavy (non-hydrogen) atoms. The molecule has 1 fully saturated rings. The average molecular weight is 406 g/mol. The Balaban J connectivity index is 1.87. The Morgan fingerprint density at radius 1 is 1.14 bits per heavy atom. The molecule has 1 aliphatic rings. The Morgan fingerprint density at radius 3 is 2.41 bits per heavy atom. The predicted molar refractivity (Wildman–Crippen MR) is 108 cm³/mol. The Bertz CT molecular complexity index is 720. The molecule has 0 spiro atoms. The Kier molecular flexibility index (Phi) is 8.17. The lowest BCUT2D eigenvalue weighted by atomic mass is 9.78. The number of rotatable bonds is 7. The summed E-state index contributed by atoms with van der Waals surface area (Å²) in [7, 11) is 0. The van der Waals surface area contributed by atoms with Crippen LogP contribution in [0.5, 0.6) is 0 Å². The zero-order valence-corrected chi connectivity index (χ0v) is 17.5. The summed E-state index contributed by atoms with van der Waals surface area (Å²) in [5.74, 6) is -1.28. The molecule has 2 N–H and O–H groups in total. The van der Waals surface area contributed by atoms with E-state index in [0.29, 0.717) is 11.8 Å². The van der Waals surface area contributed by atoms with E-state index in [1.807, 2.05) is 0 Å². The van der Waals surface area contributed by atoms with Crippen molar-refractivity contribution in [3.05, 3.63) is 35.6 Å². The lowest BCUT2D eigenvalue weighted by Crippen LogP contribution is -2.48. The Morgan fingerprint density at radius 2 is 1.79 bits per heavy atom. The van der Waals surface area contributed by atoms with Gasteiger partial charge in [0.15, 0.2) is 6.61 Å². The predicted octanol–water partition coefficient (Wildman–Crippen LogP) is 3.06. The maximum Gasteiger partial charge on any atom is 0.329 e. The van der Waals surface area contributed by atoms with Crippen LogP contribution in [0.15, 0.2) is 24.3 Å². The van der Waals surface area contributed by atoms with Crippen molar-refractivity contribution in [3.8, 4) is 0 Å². The van der Waals surface area contributed by atoms with E-state index in [1.54, 1.807) is 13.8 Å². The zero-order chi connectivity index (χ0) is 21.6. The average Bonchev–Trinajstić information content (AvgIpc) is 2.68. The molecule has 0 unspecified atom stereocenters. The summed E-state index contributed by atoms with van der Waals surface area (Å²) in [6.07, 6.45) is 3.15. The van der Waals surface area contributed by atoms with E-state index in [0.717, 1.165) is 19.3 Å². The van der Waals surface area contributed by atoms with Crippen LogP contribution >= 0.6 is 0 Å². The highest BCUT2D eigenvalue weighted by Gasteiger charge is 2.30. The smallest absolute Gasteiger partial charge is 0.329 e. The first kappa shape index (κ1) is 22.8. The maximum atomic E-state index is 13.0. The van der Waals surface area contributed by atoms with Gasteiger partial charge >= 0.3 is 5.97 Å². The monoisotopic (exact) mass is 406 g/mol. The summed E-state index contributed by atoms with van der Waals surface area (Å²) in [5, 5.41) is 5.56. The standard InChI is InChI=1S/C22H31FN2O4/c1-13(2)20(25-21(27)16-8-10-17(23)11-9-16)22(28)29-12-19(26)24-18-7-5-6-14(3)15(18)4/h8-11,13-15,18,20H,5-7,12H2,1-4H3,(H,24,26)(H,25,27)/t14-,15-,18-,20+/m1/s1. The molecule has 1 aromatic carbocycles. The lowest BCUT2D eigenvalue weighted by Gasteiger charge is -2.34. The van der Waals surface area contributed by atoms with Gasteiger partial charge in [-0.2, -0.15) is 0 Å². The molecule has 1 aromatic rings. The van der Waals surface area contributed by atoms with Crippen molar-refractivity contribution >= 4 is 17.8 Å². The van der Waals surface area contributed by atoms with Crippen LogP contribution in [0, 0.1) is 23.6 Å². The molecule has 1 aliphatic carbocycles. The molecule has 0 heterocycles. The second kappa shape index (κ2) is 10.4. The van der Waals surface area contributed by atoms with Gasteiger partial charge in [0.05, 0.1) is 0 Å². The van der Waals surface area contributed by atoms with Gasteiger partial charge in [-0.15, -0.1) is 0 Å². The van der Waals surface area contributed by atoms with Crippen LogP contribution in [0.4, 0.5) is 4.39 Å². The first-order chi connectivity index (χ1) is 13.7. The second-order valence-corrected chi connectivity index (χ2v) is 8.25. The van der Waals surface area contributed by atoms with Gasteiger partial charge in [0.1, 0.15) is 11.9 Å². The Hall–Kier alpha value is -2.44. The number of ether oxygens (including phenoxy) is 1. The van der Waals surface area contributed by atoms with Crippen molar-refractivity contribution in [1.82, 2.24) is 10.6 Å². The second-order valence-electron chi connectivity index (χ2n) is 8.25. The molecule has 160 valence electrons. The normalized spacial score (nSPS) is 22.6. The highest BCUT2D eigenvalue weighted by molar-refractivity contribution is 5.97. The third-order valence-electron chi connectivity index (χ3n) is 5.71. The SMILES string of the molecule is CC(C)[C@H](NC(=O)c1ccc(F)cc1)C(=O)OCC(=O)N[C@@H]1CCC[C@@H](C)[C@H]1C. The summed E-state index contributed by atoms with van der Waals surface area (Å²) >= 11 is 0. The van der Waals surface area contributed by atoms with E-state index >= 15 is 0 Å². The minimum absolute atomic E-state index is 0.0871. The fourth-order valence-corrected chi connectivity index (χ4v) is 3.58. The number of hydrogen-bond acceptors (Lipinski definition) is 4. The van der Waals surface area contributed by atoms with Crippen molar-refractivity contribution in [2.24, 2.45) is 17.8 Å². The molecule has 0 saturated heterocycles. The third kappa shape index (κ3) is 6.54. The molecule has 7 heteroatoms. The molecule has 6 nitrogen and oxygen atoms in total. The van der Waals surface area contributed by atoms with Gasteiger partial charge in [0.25, 0.3) is 11.8 Å². The maximum absolute atomic E-state index is 13.0. The summed E-state index contributed by atoms with van der Waals surface area (Å²) in [4.78, 5) is 37.0. The van der Waals surface area contributed by atoms with Crippen LogP contribution in [0.2, 0.25) is 0 Å². The van der Waals surface area contributed by atoms with E-state index in [2.05, 4.69) is 24.5 Å². The number of benzene rings is 1. The van der Waals surface area contributed by atoms with E-state index in [1.165, 1.54) is 24.3 Å². The molecule has 0 bridgehead atoms. The number of halogens is 1. The summed E-state index contributed by atoms with van der Waals surface area (Å²) < 4.78 is 18.2. The molecule has 4 atom stereocenters. The molecule has 2 rings (SSSR count). The van der Waals surface area contributed by atoms with Gasteiger partial charge in [-0.05, 0) is 48.4 Å². The fourth-order valence-electron chi connectivity index (χ4n) is 3.58. The van der Waals surface area contributed by atoms with E-state index < -0.39 is 23.7 Å². The number of esters is 1. The summed E-state index contributed by atoms with van der Waals surface area (Å²) in [6, 6.07) is 4.21. The van der Waals surface area contributed by atoms with Crippen LogP contribution in [-0.4, -0.2) is 36.5 Å². The minimum Gasteiger partial charge on any atom is -0.454 e. The molecule has 0 aliphatic heterocycles. The molecular formula is C22H31FN2O4. The number of nitrogens with one attached hydrogen (secondary N) is 2. The van der Waals surface area contributed by atoms with Crippen molar-refractivity contribution in [1.29, 1.82) is 0 Å².